The number of carbonyl (C=O) groups excluding carboxylic acids is 1. The molecule has 0 aliphatic carbocycles. The van der Waals surface area contributed by atoms with Gasteiger partial charge >= 0.3 is 5.97 Å². The minimum Gasteiger partial charge on any atom is -0.460 e. The fourth-order valence-electron chi connectivity index (χ4n) is 2.35. The molecule has 3 rings (SSSR count). The molecule has 5 nitrogen and oxygen atoms in total. The molecule has 2 heterocycles. The number of nitrogens with zero attached hydrogens (tertiary/aromatic N) is 2. The maximum Gasteiger partial charge on any atom is 0.339 e. The summed E-state index contributed by atoms with van der Waals surface area (Å²) < 4.78 is 10.2. The van der Waals surface area contributed by atoms with Crippen LogP contribution < -0.4 is 0 Å². The highest BCUT2D eigenvalue weighted by Gasteiger charge is 2.17. The standard InChI is InChI=1S/C18H18N2O3S2/c1-11-12(2)24-16-15(11)17(20-10-19-16)25-14-7-5-4-6-13(14)18(21)23-9-8-22-3/h4-7,10H,8-9H2,1-3H3. The van der Waals surface area contributed by atoms with Crippen LogP contribution in [-0.4, -0.2) is 36.3 Å². The van der Waals surface area contributed by atoms with E-state index < -0.39 is 0 Å². The third-order valence-corrected chi connectivity index (χ3v) is 5.96. The molecule has 0 unspecified atom stereocenters. The first-order valence-electron chi connectivity index (χ1n) is 7.75. The van der Waals surface area contributed by atoms with Gasteiger partial charge in [0, 0.05) is 22.3 Å². The summed E-state index contributed by atoms with van der Waals surface area (Å²) in [6, 6.07) is 7.40. The van der Waals surface area contributed by atoms with Gasteiger partial charge < -0.3 is 9.47 Å². The van der Waals surface area contributed by atoms with E-state index in [1.165, 1.54) is 22.2 Å². The van der Waals surface area contributed by atoms with Crippen LogP contribution in [0.25, 0.3) is 10.2 Å². The van der Waals surface area contributed by atoms with Crippen LogP contribution in [0.2, 0.25) is 0 Å². The number of carbonyl (C=O) groups is 1. The SMILES string of the molecule is COCCOC(=O)c1ccccc1Sc1ncnc2sc(C)c(C)c12. The average molecular weight is 374 g/mol. The Morgan fingerprint density at radius 3 is 2.80 bits per heavy atom. The highest BCUT2D eigenvalue weighted by molar-refractivity contribution is 7.99. The molecule has 0 fully saturated rings. The Hall–Kier alpha value is -1.96. The van der Waals surface area contributed by atoms with Gasteiger partial charge in [0.05, 0.1) is 12.2 Å². The van der Waals surface area contributed by atoms with Crippen molar-refractivity contribution in [2.45, 2.75) is 23.8 Å². The molecule has 0 N–H and O–H groups in total. The van der Waals surface area contributed by atoms with E-state index in [1.54, 1.807) is 30.8 Å². The predicted octanol–water partition coefficient (Wildman–Crippen LogP) is 4.26. The number of thiophene rings is 1. The summed E-state index contributed by atoms with van der Waals surface area (Å²) in [6.07, 6.45) is 1.57. The Kier molecular flexibility index (Phi) is 5.67. The molecule has 0 radical (unpaired) electrons. The molecule has 130 valence electrons. The first-order valence-corrected chi connectivity index (χ1v) is 9.38. The van der Waals surface area contributed by atoms with Gasteiger partial charge in [0.15, 0.2) is 0 Å². The number of esters is 1. The molecule has 0 spiro atoms. The lowest BCUT2D eigenvalue weighted by atomic mass is 10.2. The highest BCUT2D eigenvalue weighted by atomic mass is 32.2. The summed E-state index contributed by atoms with van der Waals surface area (Å²) in [4.78, 5) is 24.1. The number of ether oxygens (including phenoxy) is 2. The van der Waals surface area contributed by atoms with Crippen molar-refractivity contribution in [1.29, 1.82) is 0 Å². The van der Waals surface area contributed by atoms with Crippen LogP contribution in [0.1, 0.15) is 20.8 Å². The van der Waals surface area contributed by atoms with Crippen molar-refractivity contribution in [3.8, 4) is 0 Å². The molecule has 0 saturated heterocycles. The van der Waals surface area contributed by atoms with Gasteiger partial charge in [-0.05, 0) is 31.5 Å². The first kappa shape index (κ1) is 17.8. The molecule has 0 atom stereocenters. The number of fused-ring (bicyclic) bond motifs is 1. The fraction of sp³-hybridized carbons (Fsp3) is 0.278. The molecular weight excluding hydrogens is 356 g/mol. The molecule has 2 aromatic heterocycles. The molecule has 3 aromatic rings. The van der Waals surface area contributed by atoms with Crippen LogP contribution >= 0.6 is 23.1 Å². The maximum absolute atomic E-state index is 12.3. The third kappa shape index (κ3) is 3.84. The number of aryl methyl sites for hydroxylation is 2. The monoisotopic (exact) mass is 374 g/mol. The smallest absolute Gasteiger partial charge is 0.339 e. The summed E-state index contributed by atoms with van der Waals surface area (Å²) >= 11 is 3.12. The number of rotatable bonds is 6. The van der Waals surface area contributed by atoms with Crippen molar-refractivity contribution in [1.82, 2.24) is 9.97 Å². The van der Waals surface area contributed by atoms with Crippen molar-refractivity contribution >= 4 is 39.3 Å². The van der Waals surface area contributed by atoms with Crippen molar-refractivity contribution in [2.24, 2.45) is 0 Å². The Morgan fingerprint density at radius 2 is 2.00 bits per heavy atom. The van der Waals surface area contributed by atoms with Crippen LogP contribution in [0.3, 0.4) is 0 Å². The maximum atomic E-state index is 12.3. The number of hydrogen-bond donors (Lipinski definition) is 0. The van der Waals surface area contributed by atoms with Gasteiger partial charge in [0.2, 0.25) is 0 Å². The lowest BCUT2D eigenvalue weighted by Gasteiger charge is -2.09. The Labute approximate surface area is 154 Å². The van der Waals surface area contributed by atoms with E-state index in [4.69, 9.17) is 9.47 Å². The Balaban J connectivity index is 1.93. The molecule has 0 aliphatic heterocycles. The summed E-state index contributed by atoms with van der Waals surface area (Å²) in [5, 5.41) is 1.90. The van der Waals surface area contributed by atoms with Gasteiger partial charge in [0.25, 0.3) is 0 Å². The van der Waals surface area contributed by atoms with Crippen LogP contribution in [-0.2, 0) is 9.47 Å². The topological polar surface area (TPSA) is 61.3 Å². The zero-order chi connectivity index (χ0) is 17.8. The second-order valence-electron chi connectivity index (χ2n) is 5.37. The quantitative estimate of drug-likeness (QED) is 0.365. The van der Waals surface area contributed by atoms with E-state index in [9.17, 15) is 4.79 Å². The zero-order valence-electron chi connectivity index (χ0n) is 14.2. The molecular formula is C18H18N2O3S2. The summed E-state index contributed by atoms with van der Waals surface area (Å²) in [5.41, 5.74) is 1.71. The number of methoxy groups -OCH3 is 1. The van der Waals surface area contributed by atoms with Crippen molar-refractivity contribution in [3.63, 3.8) is 0 Å². The molecule has 0 saturated carbocycles. The minimum absolute atomic E-state index is 0.231. The third-order valence-electron chi connectivity index (χ3n) is 3.76. The largest absolute Gasteiger partial charge is 0.460 e. The Morgan fingerprint density at radius 1 is 1.20 bits per heavy atom. The number of aromatic nitrogens is 2. The average Bonchev–Trinajstić information content (AvgIpc) is 2.91. The molecule has 0 aliphatic rings. The van der Waals surface area contributed by atoms with Gasteiger partial charge in [-0.3, -0.25) is 0 Å². The Bertz CT molecular complexity index is 908. The molecule has 0 bridgehead atoms. The second kappa shape index (κ2) is 7.95. The molecule has 25 heavy (non-hydrogen) atoms. The van der Waals surface area contributed by atoms with Crippen LogP contribution in [0, 0.1) is 13.8 Å². The molecule has 7 heteroatoms. The van der Waals surface area contributed by atoms with Crippen LogP contribution in [0.5, 0.6) is 0 Å². The van der Waals surface area contributed by atoms with Crippen molar-refractivity contribution in [2.75, 3.05) is 20.3 Å². The van der Waals surface area contributed by atoms with Crippen LogP contribution in [0.4, 0.5) is 0 Å². The molecule has 1 aromatic carbocycles. The zero-order valence-corrected chi connectivity index (χ0v) is 15.9. The normalized spacial score (nSPS) is 11.0. The lowest BCUT2D eigenvalue weighted by molar-refractivity contribution is 0.0384. The second-order valence-corrected chi connectivity index (χ2v) is 7.60. The van der Waals surface area contributed by atoms with Crippen molar-refractivity contribution in [3.05, 3.63) is 46.6 Å². The van der Waals surface area contributed by atoms with E-state index in [-0.39, 0.29) is 12.6 Å². The number of benzene rings is 1. The van der Waals surface area contributed by atoms with Gasteiger partial charge in [0.1, 0.15) is 22.8 Å². The van der Waals surface area contributed by atoms with E-state index in [0.717, 1.165) is 20.1 Å². The highest BCUT2D eigenvalue weighted by Crippen LogP contribution is 2.38. The van der Waals surface area contributed by atoms with E-state index in [0.29, 0.717) is 12.2 Å². The van der Waals surface area contributed by atoms with Gasteiger partial charge in [-0.25, -0.2) is 14.8 Å². The predicted molar refractivity (Wildman–Crippen MR) is 99.6 cm³/mol. The van der Waals surface area contributed by atoms with Gasteiger partial charge in [-0.1, -0.05) is 23.9 Å². The minimum atomic E-state index is -0.358. The summed E-state index contributed by atoms with van der Waals surface area (Å²) in [5.74, 6) is -0.358. The first-order chi connectivity index (χ1) is 12.1. The van der Waals surface area contributed by atoms with E-state index >= 15 is 0 Å². The lowest BCUT2D eigenvalue weighted by Crippen LogP contribution is -2.10. The summed E-state index contributed by atoms with van der Waals surface area (Å²) in [7, 11) is 1.57. The van der Waals surface area contributed by atoms with Crippen molar-refractivity contribution < 1.29 is 14.3 Å². The summed E-state index contributed by atoms with van der Waals surface area (Å²) in [6.45, 7) is 4.76. The van der Waals surface area contributed by atoms with Crippen LogP contribution in [0.15, 0.2) is 40.5 Å². The van der Waals surface area contributed by atoms with Gasteiger partial charge in [-0.2, -0.15) is 0 Å². The van der Waals surface area contributed by atoms with E-state index in [1.807, 2.05) is 18.2 Å². The van der Waals surface area contributed by atoms with E-state index in [2.05, 4.69) is 23.8 Å². The van der Waals surface area contributed by atoms with Gasteiger partial charge in [-0.15, -0.1) is 11.3 Å². The number of hydrogen-bond acceptors (Lipinski definition) is 7. The fourth-order valence-corrected chi connectivity index (χ4v) is 4.48. The molecule has 0 amide bonds.